The molecule has 0 spiro atoms. The molecule has 24 heavy (non-hydrogen) atoms. The van der Waals surface area contributed by atoms with Gasteiger partial charge in [-0.2, -0.15) is 0 Å². The number of nitrogens with two attached hydrogens (primary N) is 1. The van der Waals surface area contributed by atoms with Crippen LogP contribution in [0, 0.1) is 25.7 Å². The summed E-state index contributed by atoms with van der Waals surface area (Å²) < 4.78 is 2.26. The van der Waals surface area contributed by atoms with E-state index in [1.807, 2.05) is 13.0 Å². The summed E-state index contributed by atoms with van der Waals surface area (Å²) in [6, 6.07) is 1.84. The summed E-state index contributed by atoms with van der Waals surface area (Å²) in [5, 5.41) is 3.10. The topological polar surface area (TPSA) is 77.1 Å². The Bertz CT molecular complexity index is 631. The first kappa shape index (κ1) is 17.1. The molecule has 2 atom stereocenters. The fourth-order valence-electron chi connectivity index (χ4n) is 3.94. The van der Waals surface area contributed by atoms with Gasteiger partial charge >= 0.3 is 0 Å². The number of nitrogens with one attached hydrogen (secondary N) is 1. The molecule has 2 fully saturated rings. The van der Waals surface area contributed by atoms with Crippen LogP contribution in [-0.2, 0) is 11.3 Å². The van der Waals surface area contributed by atoms with Gasteiger partial charge < -0.3 is 15.6 Å². The summed E-state index contributed by atoms with van der Waals surface area (Å²) in [5.74, 6) is 0.169. The average Bonchev–Trinajstić information content (AvgIpc) is 3.32. The molecule has 1 aromatic rings. The Kier molecular flexibility index (Phi) is 4.97. The Labute approximate surface area is 144 Å². The van der Waals surface area contributed by atoms with Crippen LogP contribution < -0.4 is 11.1 Å². The smallest absolute Gasteiger partial charge is 0.253 e. The summed E-state index contributed by atoms with van der Waals surface area (Å²) in [4.78, 5) is 24.6. The summed E-state index contributed by atoms with van der Waals surface area (Å²) in [6.45, 7) is 5.09. The Morgan fingerprint density at radius 1 is 1.17 bits per heavy atom. The molecule has 2 aliphatic rings. The molecular formula is C19H29N3O2. The second kappa shape index (κ2) is 6.99. The minimum absolute atomic E-state index is 0.0664. The molecule has 0 radical (unpaired) electrons. The highest BCUT2D eigenvalue weighted by Gasteiger charge is 2.30. The predicted octanol–water partition coefficient (Wildman–Crippen LogP) is 2.68. The molecule has 3 rings (SSSR count). The number of hydrogen-bond acceptors (Lipinski definition) is 2. The van der Waals surface area contributed by atoms with Crippen molar-refractivity contribution in [3.8, 4) is 0 Å². The summed E-state index contributed by atoms with van der Waals surface area (Å²) in [7, 11) is 0. The SMILES string of the molecule is Cc1cc(C(=O)N[C@H]2CCCCC[C@@H]2C(N)=O)c(C)n1CC1CC1. The van der Waals surface area contributed by atoms with Gasteiger partial charge in [0.2, 0.25) is 5.91 Å². The first-order valence-corrected chi connectivity index (χ1v) is 9.24. The van der Waals surface area contributed by atoms with Crippen molar-refractivity contribution in [3.05, 3.63) is 23.0 Å². The molecule has 2 amide bonds. The van der Waals surface area contributed by atoms with E-state index in [2.05, 4.69) is 16.8 Å². The van der Waals surface area contributed by atoms with Gasteiger partial charge in [-0.25, -0.2) is 0 Å². The quantitative estimate of drug-likeness (QED) is 0.814. The van der Waals surface area contributed by atoms with Gasteiger partial charge in [-0.3, -0.25) is 9.59 Å². The maximum absolute atomic E-state index is 12.8. The van der Waals surface area contributed by atoms with Crippen molar-refractivity contribution in [1.29, 1.82) is 0 Å². The number of carbonyl (C=O) groups excluding carboxylic acids is 2. The minimum Gasteiger partial charge on any atom is -0.369 e. The van der Waals surface area contributed by atoms with Crippen LogP contribution in [0.3, 0.4) is 0 Å². The third-order valence-electron chi connectivity index (χ3n) is 5.65. The monoisotopic (exact) mass is 331 g/mol. The molecule has 2 aliphatic carbocycles. The maximum Gasteiger partial charge on any atom is 0.253 e. The normalized spacial score (nSPS) is 24.4. The first-order valence-electron chi connectivity index (χ1n) is 9.24. The standard InChI is InChI=1S/C19H29N3O2/c1-12-10-16(13(2)22(12)11-14-8-9-14)19(24)21-17-7-5-3-4-6-15(17)18(20)23/h10,14-15,17H,3-9,11H2,1-2H3,(H2,20,23)(H,21,24)/t15-,17-/m0/s1. The van der Waals surface area contributed by atoms with E-state index in [4.69, 9.17) is 5.73 Å². The van der Waals surface area contributed by atoms with E-state index in [0.29, 0.717) is 0 Å². The molecule has 0 bridgehead atoms. The van der Waals surface area contributed by atoms with Crippen LogP contribution in [0.1, 0.15) is 66.7 Å². The van der Waals surface area contributed by atoms with Crippen molar-refractivity contribution >= 4 is 11.8 Å². The van der Waals surface area contributed by atoms with Gasteiger partial charge in [-0.05, 0) is 51.5 Å². The maximum atomic E-state index is 12.8. The number of nitrogens with zero attached hydrogens (tertiary/aromatic N) is 1. The van der Waals surface area contributed by atoms with Crippen LogP contribution in [-0.4, -0.2) is 22.4 Å². The highest BCUT2D eigenvalue weighted by Crippen LogP contribution is 2.32. The highest BCUT2D eigenvalue weighted by molar-refractivity contribution is 5.96. The molecule has 0 saturated heterocycles. The zero-order valence-corrected chi connectivity index (χ0v) is 14.8. The van der Waals surface area contributed by atoms with Gasteiger partial charge in [0, 0.05) is 24.0 Å². The van der Waals surface area contributed by atoms with Crippen LogP contribution in [0.4, 0.5) is 0 Å². The zero-order valence-electron chi connectivity index (χ0n) is 14.8. The Morgan fingerprint density at radius 3 is 2.54 bits per heavy atom. The Balaban J connectivity index is 1.74. The van der Waals surface area contributed by atoms with E-state index in [-0.39, 0.29) is 23.8 Å². The lowest BCUT2D eigenvalue weighted by atomic mass is 9.94. The van der Waals surface area contributed by atoms with Crippen molar-refractivity contribution in [3.63, 3.8) is 0 Å². The molecule has 2 saturated carbocycles. The molecule has 3 N–H and O–H groups in total. The number of rotatable bonds is 5. The molecule has 5 nitrogen and oxygen atoms in total. The number of hydrogen-bond donors (Lipinski definition) is 2. The van der Waals surface area contributed by atoms with Crippen LogP contribution in [0.25, 0.3) is 0 Å². The van der Waals surface area contributed by atoms with Crippen LogP contribution in [0.2, 0.25) is 0 Å². The van der Waals surface area contributed by atoms with Crippen molar-refractivity contribution in [1.82, 2.24) is 9.88 Å². The number of amides is 2. The van der Waals surface area contributed by atoms with E-state index in [9.17, 15) is 9.59 Å². The third kappa shape index (κ3) is 3.65. The largest absolute Gasteiger partial charge is 0.369 e. The molecule has 0 aromatic carbocycles. The number of aromatic nitrogens is 1. The molecule has 132 valence electrons. The van der Waals surface area contributed by atoms with E-state index < -0.39 is 0 Å². The first-order chi connectivity index (χ1) is 11.5. The third-order valence-corrected chi connectivity index (χ3v) is 5.65. The summed E-state index contributed by atoms with van der Waals surface area (Å²) in [5.41, 5.74) is 8.47. The Morgan fingerprint density at radius 2 is 1.88 bits per heavy atom. The van der Waals surface area contributed by atoms with Crippen molar-refractivity contribution in [2.75, 3.05) is 0 Å². The second-order valence-electron chi connectivity index (χ2n) is 7.57. The summed E-state index contributed by atoms with van der Waals surface area (Å²) >= 11 is 0. The minimum atomic E-state index is -0.290. The van der Waals surface area contributed by atoms with Gasteiger partial charge in [0.25, 0.3) is 5.91 Å². The number of carbonyl (C=O) groups is 2. The molecular weight excluding hydrogens is 302 g/mol. The van der Waals surface area contributed by atoms with Gasteiger partial charge in [0.1, 0.15) is 0 Å². The fraction of sp³-hybridized carbons (Fsp3) is 0.684. The lowest BCUT2D eigenvalue weighted by Gasteiger charge is -2.23. The summed E-state index contributed by atoms with van der Waals surface area (Å²) in [6.07, 6.45) is 7.35. The van der Waals surface area contributed by atoms with Gasteiger partial charge in [-0.1, -0.05) is 19.3 Å². The van der Waals surface area contributed by atoms with E-state index >= 15 is 0 Å². The average molecular weight is 331 g/mol. The van der Waals surface area contributed by atoms with Gasteiger partial charge in [-0.15, -0.1) is 0 Å². The van der Waals surface area contributed by atoms with Gasteiger partial charge in [0.05, 0.1) is 11.5 Å². The zero-order chi connectivity index (χ0) is 17.3. The van der Waals surface area contributed by atoms with Crippen molar-refractivity contribution in [2.45, 2.75) is 71.4 Å². The fourth-order valence-corrected chi connectivity index (χ4v) is 3.94. The van der Waals surface area contributed by atoms with Crippen LogP contribution >= 0.6 is 0 Å². The van der Waals surface area contributed by atoms with E-state index in [1.165, 1.54) is 12.8 Å². The predicted molar refractivity (Wildman–Crippen MR) is 93.7 cm³/mol. The van der Waals surface area contributed by atoms with Crippen molar-refractivity contribution < 1.29 is 9.59 Å². The van der Waals surface area contributed by atoms with Crippen molar-refractivity contribution in [2.24, 2.45) is 17.6 Å². The second-order valence-corrected chi connectivity index (χ2v) is 7.57. The van der Waals surface area contributed by atoms with Gasteiger partial charge in [0.15, 0.2) is 0 Å². The molecule has 1 heterocycles. The van der Waals surface area contributed by atoms with Crippen LogP contribution in [0.15, 0.2) is 6.07 Å². The Hall–Kier alpha value is -1.78. The number of aryl methyl sites for hydroxylation is 1. The highest BCUT2D eigenvalue weighted by atomic mass is 16.2. The molecule has 1 aromatic heterocycles. The lowest BCUT2D eigenvalue weighted by Crippen LogP contribution is -2.45. The van der Waals surface area contributed by atoms with E-state index in [0.717, 1.165) is 61.5 Å². The molecule has 0 aliphatic heterocycles. The molecule has 5 heteroatoms. The number of primary amides is 1. The molecule has 0 unspecified atom stereocenters. The van der Waals surface area contributed by atoms with E-state index in [1.54, 1.807) is 0 Å². The lowest BCUT2D eigenvalue weighted by molar-refractivity contribution is -0.122. The van der Waals surface area contributed by atoms with Crippen LogP contribution in [0.5, 0.6) is 0 Å².